The van der Waals surface area contributed by atoms with Gasteiger partial charge in [0, 0.05) is 12.0 Å². The second-order valence-corrected chi connectivity index (χ2v) is 4.54. The SMILES string of the molecule is CCC(CC)(CO)CNc1ncnc2nc[nH]c12. The quantitative estimate of drug-likeness (QED) is 0.723. The standard InChI is InChI=1S/C12H19N5O/c1-3-12(4-2,6-18)5-13-10-9-11(15-7-14-9)17-8-16-10/h7-8,18H,3-6H2,1-2H3,(H2,13,14,15,16,17). The monoisotopic (exact) mass is 249 g/mol. The molecule has 2 heterocycles. The normalized spacial score (nSPS) is 11.9. The summed E-state index contributed by atoms with van der Waals surface area (Å²) in [4.78, 5) is 15.4. The zero-order valence-corrected chi connectivity index (χ0v) is 10.8. The Hall–Kier alpha value is -1.69. The van der Waals surface area contributed by atoms with Crippen LogP contribution in [0.3, 0.4) is 0 Å². The van der Waals surface area contributed by atoms with Crippen molar-refractivity contribution in [3.63, 3.8) is 0 Å². The molecule has 0 aromatic carbocycles. The molecular formula is C12H19N5O. The summed E-state index contributed by atoms with van der Waals surface area (Å²) in [6.45, 7) is 5.03. The molecule has 0 aliphatic rings. The molecule has 0 unspecified atom stereocenters. The third-order valence-electron chi connectivity index (χ3n) is 3.69. The molecular weight excluding hydrogens is 230 g/mol. The fourth-order valence-electron chi connectivity index (χ4n) is 1.95. The molecule has 2 aromatic rings. The lowest BCUT2D eigenvalue weighted by molar-refractivity contribution is 0.127. The number of hydrogen-bond donors (Lipinski definition) is 3. The lowest BCUT2D eigenvalue weighted by Gasteiger charge is -2.29. The number of anilines is 1. The van der Waals surface area contributed by atoms with E-state index in [1.807, 2.05) is 0 Å². The maximum atomic E-state index is 9.53. The Morgan fingerprint density at radius 1 is 1.28 bits per heavy atom. The Bertz CT molecular complexity index is 498. The highest BCUT2D eigenvalue weighted by Gasteiger charge is 2.25. The number of hydrogen-bond acceptors (Lipinski definition) is 5. The molecule has 3 N–H and O–H groups in total. The van der Waals surface area contributed by atoms with E-state index in [1.165, 1.54) is 6.33 Å². The molecule has 2 rings (SSSR count). The van der Waals surface area contributed by atoms with E-state index in [1.54, 1.807) is 6.33 Å². The van der Waals surface area contributed by atoms with E-state index in [0.717, 1.165) is 24.2 Å². The zero-order valence-electron chi connectivity index (χ0n) is 10.8. The highest BCUT2D eigenvalue weighted by atomic mass is 16.3. The second kappa shape index (κ2) is 5.30. The van der Waals surface area contributed by atoms with Crippen LogP contribution < -0.4 is 5.32 Å². The van der Waals surface area contributed by atoms with Gasteiger partial charge in [-0.25, -0.2) is 15.0 Å². The van der Waals surface area contributed by atoms with Crippen LogP contribution in [0.4, 0.5) is 5.82 Å². The molecule has 0 saturated carbocycles. The number of fused-ring (bicyclic) bond motifs is 1. The van der Waals surface area contributed by atoms with Crippen LogP contribution >= 0.6 is 0 Å². The Kier molecular flexibility index (Phi) is 3.76. The molecule has 98 valence electrons. The van der Waals surface area contributed by atoms with Gasteiger partial charge < -0.3 is 15.4 Å². The van der Waals surface area contributed by atoms with Crippen LogP contribution in [0, 0.1) is 5.41 Å². The molecule has 0 aliphatic heterocycles. The van der Waals surface area contributed by atoms with Crippen molar-refractivity contribution in [3.8, 4) is 0 Å². The molecule has 6 nitrogen and oxygen atoms in total. The van der Waals surface area contributed by atoms with E-state index in [4.69, 9.17) is 0 Å². The van der Waals surface area contributed by atoms with Crippen LogP contribution in [0.5, 0.6) is 0 Å². The predicted molar refractivity (Wildman–Crippen MR) is 70.3 cm³/mol. The van der Waals surface area contributed by atoms with Crippen LogP contribution in [0.25, 0.3) is 11.2 Å². The lowest BCUT2D eigenvalue weighted by atomic mass is 9.83. The van der Waals surface area contributed by atoms with Gasteiger partial charge in [0.1, 0.15) is 11.8 Å². The minimum absolute atomic E-state index is 0.0999. The van der Waals surface area contributed by atoms with Crippen LogP contribution in [0.2, 0.25) is 0 Å². The summed E-state index contributed by atoms with van der Waals surface area (Å²) < 4.78 is 0. The summed E-state index contributed by atoms with van der Waals surface area (Å²) >= 11 is 0. The highest BCUT2D eigenvalue weighted by Crippen LogP contribution is 2.26. The number of aliphatic hydroxyl groups is 1. The van der Waals surface area contributed by atoms with Gasteiger partial charge in [0.25, 0.3) is 0 Å². The zero-order chi connectivity index (χ0) is 13.0. The van der Waals surface area contributed by atoms with Crippen LogP contribution in [-0.2, 0) is 0 Å². The van der Waals surface area contributed by atoms with Crippen molar-refractivity contribution >= 4 is 17.0 Å². The highest BCUT2D eigenvalue weighted by molar-refractivity contribution is 5.81. The van der Waals surface area contributed by atoms with E-state index in [0.29, 0.717) is 12.2 Å². The van der Waals surface area contributed by atoms with Gasteiger partial charge >= 0.3 is 0 Å². The van der Waals surface area contributed by atoms with Crippen LogP contribution in [-0.4, -0.2) is 38.2 Å². The minimum atomic E-state index is -0.0999. The summed E-state index contributed by atoms with van der Waals surface area (Å²) in [5, 5.41) is 12.8. The average Bonchev–Trinajstić information content (AvgIpc) is 2.90. The summed E-state index contributed by atoms with van der Waals surface area (Å²) in [6, 6.07) is 0. The maximum Gasteiger partial charge on any atom is 0.182 e. The summed E-state index contributed by atoms with van der Waals surface area (Å²) in [5.74, 6) is 0.734. The van der Waals surface area contributed by atoms with Gasteiger partial charge in [0.2, 0.25) is 0 Å². The molecule has 0 atom stereocenters. The average molecular weight is 249 g/mol. The molecule has 0 saturated heterocycles. The molecule has 0 amide bonds. The molecule has 0 fully saturated rings. The van der Waals surface area contributed by atoms with Gasteiger partial charge in [-0.1, -0.05) is 13.8 Å². The molecule has 0 radical (unpaired) electrons. The van der Waals surface area contributed by atoms with Crippen molar-refractivity contribution in [2.24, 2.45) is 5.41 Å². The van der Waals surface area contributed by atoms with Crippen molar-refractivity contribution in [1.82, 2.24) is 19.9 Å². The molecule has 6 heteroatoms. The number of nitrogens with one attached hydrogen (secondary N) is 2. The first-order valence-electron chi connectivity index (χ1n) is 6.23. The Balaban J connectivity index is 2.17. The molecule has 0 spiro atoms. The fraction of sp³-hybridized carbons (Fsp3) is 0.583. The summed E-state index contributed by atoms with van der Waals surface area (Å²) in [7, 11) is 0. The largest absolute Gasteiger partial charge is 0.396 e. The van der Waals surface area contributed by atoms with Crippen molar-refractivity contribution < 1.29 is 5.11 Å². The Labute approximate surface area is 106 Å². The van der Waals surface area contributed by atoms with Crippen molar-refractivity contribution in [1.29, 1.82) is 0 Å². The van der Waals surface area contributed by atoms with Gasteiger partial charge in [-0.05, 0) is 12.8 Å². The third kappa shape index (κ3) is 2.28. The third-order valence-corrected chi connectivity index (χ3v) is 3.69. The molecule has 18 heavy (non-hydrogen) atoms. The number of aromatic amines is 1. The van der Waals surface area contributed by atoms with Gasteiger partial charge in [-0.3, -0.25) is 0 Å². The van der Waals surface area contributed by atoms with Crippen molar-refractivity contribution in [3.05, 3.63) is 12.7 Å². The first kappa shape index (κ1) is 12.8. The number of nitrogens with zero attached hydrogens (tertiary/aromatic N) is 3. The summed E-state index contributed by atoms with van der Waals surface area (Å²) in [5.41, 5.74) is 1.35. The summed E-state index contributed by atoms with van der Waals surface area (Å²) in [6.07, 6.45) is 4.93. The topological polar surface area (TPSA) is 86.7 Å². The van der Waals surface area contributed by atoms with E-state index in [-0.39, 0.29) is 12.0 Å². The van der Waals surface area contributed by atoms with Gasteiger partial charge in [0.05, 0.1) is 12.9 Å². The minimum Gasteiger partial charge on any atom is -0.396 e. The first-order chi connectivity index (χ1) is 8.74. The van der Waals surface area contributed by atoms with Gasteiger partial charge in [-0.15, -0.1) is 0 Å². The fourth-order valence-corrected chi connectivity index (χ4v) is 1.95. The van der Waals surface area contributed by atoms with Gasteiger partial charge in [-0.2, -0.15) is 0 Å². The van der Waals surface area contributed by atoms with Crippen molar-refractivity contribution in [2.75, 3.05) is 18.5 Å². The van der Waals surface area contributed by atoms with E-state index < -0.39 is 0 Å². The second-order valence-electron chi connectivity index (χ2n) is 4.54. The number of imidazole rings is 1. The van der Waals surface area contributed by atoms with Crippen LogP contribution in [0.15, 0.2) is 12.7 Å². The molecule has 0 aliphatic carbocycles. The van der Waals surface area contributed by atoms with E-state index >= 15 is 0 Å². The Morgan fingerprint density at radius 3 is 2.72 bits per heavy atom. The Morgan fingerprint density at radius 2 is 2.06 bits per heavy atom. The number of H-pyrrole nitrogens is 1. The predicted octanol–water partition coefficient (Wildman–Crippen LogP) is 1.56. The lowest BCUT2D eigenvalue weighted by Crippen LogP contribution is -2.32. The number of aromatic nitrogens is 4. The number of aliphatic hydroxyl groups excluding tert-OH is 1. The smallest absolute Gasteiger partial charge is 0.182 e. The van der Waals surface area contributed by atoms with Crippen molar-refractivity contribution in [2.45, 2.75) is 26.7 Å². The molecule has 0 bridgehead atoms. The van der Waals surface area contributed by atoms with Gasteiger partial charge in [0.15, 0.2) is 11.5 Å². The van der Waals surface area contributed by atoms with E-state index in [9.17, 15) is 5.11 Å². The van der Waals surface area contributed by atoms with Crippen LogP contribution in [0.1, 0.15) is 26.7 Å². The number of rotatable bonds is 6. The first-order valence-corrected chi connectivity index (χ1v) is 6.23. The maximum absolute atomic E-state index is 9.53. The molecule has 2 aromatic heterocycles. The van der Waals surface area contributed by atoms with E-state index in [2.05, 4.69) is 39.1 Å².